The van der Waals surface area contributed by atoms with Gasteiger partial charge >= 0.3 is 7.12 Å². The second-order valence-corrected chi connectivity index (χ2v) is 7.41. The summed E-state index contributed by atoms with van der Waals surface area (Å²) in [6, 6.07) is 24.6. The maximum atomic E-state index is 9.70. The van der Waals surface area contributed by atoms with Crippen molar-refractivity contribution in [3.05, 3.63) is 83.9 Å². The molecule has 146 valence electrons. The molecule has 0 bridgehead atoms. The summed E-state index contributed by atoms with van der Waals surface area (Å²) >= 11 is 0. The van der Waals surface area contributed by atoms with Gasteiger partial charge in [-0.2, -0.15) is 0 Å². The molecule has 0 aliphatic rings. The monoisotopic (exact) mass is 384 g/mol. The lowest BCUT2D eigenvalue weighted by Crippen LogP contribution is -2.35. The van der Waals surface area contributed by atoms with Crippen molar-refractivity contribution < 1.29 is 10.0 Å². The van der Waals surface area contributed by atoms with Crippen molar-refractivity contribution in [3.8, 4) is 0 Å². The molecule has 4 rings (SSSR count). The van der Waals surface area contributed by atoms with Crippen molar-refractivity contribution in [2.24, 2.45) is 0 Å². The summed E-state index contributed by atoms with van der Waals surface area (Å²) in [5.74, 6) is 0. The molecule has 0 spiro atoms. The summed E-state index contributed by atoms with van der Waals surface area (Å²) in [5, 5.41) is 27.6. The second kappa shape index (κ2) is 8.25. The zero-order valence-electron chi connectivity index (χ0n) is 16.8. The van der Waals surface area contributed by atoms with Crippen LogP contribution < -0.4 is 15.7 Å². The first-order valence-electron chi connectivity index (χ1n) is 9.83. The Morgan fingerprint density at radius 3 is 2.38 bits per heavy atom. The predicted molar refractivity (Wildman–Crippen MR) is 123 cm³/mol. The Balaban J connectivity index is 1.84. The Hall–Kier alpha value is -2.86. The minimum atomic E-state index is -1.47. The van der Waals surface area contributed by atoms with Crippen molar-refractivity contribution in [2.45, 2.75) is 13.1 Å². The van der Waals surface area contributed by atoms with Gasteiger partial charge < -0.3 is 20.3 Å². The Labute approximate surface area is 171 Å². The highest BCUT2D eigenvalue weighted by Gasteiger charge is 2.17. The molecule has 4 aromatic carbocycles. The summed E-state index contributed by atoms with van der Waals surface area (Å²) in [6.07, 6.45) is 0. The molecule has 0 aromatic heterocycles. The topological polar surface area (TPSA) is 55.7 Å². The summed E-state index contributed by atoms with van der Waals surface area (Å²) < 4.78 is 0. The van der Waals surface area contributed by atoms with E-state index in [-0.39, 0.29) is 0 Å². The first-order valence-corrected chi connectivity index (χ1v) is 9.83. The van der Waals surface area contributed by atoms with Crippen molar-refractivity contribution in [1.82, 2.24) is 5.32 Å². The number of nitrogens with zero attached hydrogens (tertiary/aromatic N) is 1. The highest BCUT2D eigenvalue weighted by molar-refractivity contribution is 6.59. The van der Waals surface area contributed by atoms with Gasteiger partial charge in [0.05, 0.1) is 0 Å². The minimum absolute atomic E-state index is 0.543. The van der Waals surface area contributed by atoms with Crippen LogP contribution in [0.1, 0.15) is 11.1 Å². The highest BCUT2D eigenvalue weighted by atomic mass is 16.4. The molecular weight excluding hydrogens is 359 g/mol. The summed E-state index contributed by atoms with van der Waals surface area (Å²) in [5.41, 5.74) is 3.86. The Morgan fingerprint density at radius 1 is 0.862 bits per heavy atom. The molecule has 0 atom stereocenters. The van der Waals surface area contributed by atoms with Crippen LogP contribution in [0.25, 0.3) is 21.5 Å². The molecule has 0 saturated carbocycles. The third-order valence-corrected chi connectivity index (χ3v) is 5.50. The number of rotatable bonds is 6. The van der Waals surface area contributed by atoms with Crippen LogP contribution in [0.15, 0.2) is 72.8 Å². The molecule has 4 nitrogen and oxygen atoms in total. The quantitative estimate of drug-likeness (QED) is 0.353. The lowest BCUT2D eigenvalue weighted by Gasteiger charge is -2.24. The van der Waals surface area contributed by atoms with Gasteiger partial charge in [-0.25, -0.2) is 0 Å². The van der Waals surface area contributed by atoms with E-state index < -0.39 is 7.12 Å². The number of anilines is 1. The van der Waals surface area contributed by atoms with E-state index in [0.29, 0.717) is 12.0 Å². The maximum absolute atomic E-state index is 9.70. The normalized spacial score (nSPS) is 11.2. The number of benzene rings is 4. The van der Waals surface area contributed by atoms with Gasteiger partial charge in [0.15, 0.2) is 0 Å². The van der Waals surface area contributed by atoms with Crippen LogP contribution in [0, 0.1) is 0 Å². The van der Waals surface area contributed by atoms with E-state index in [1.165, 1.54) is 27.1 Å². The van der Waals surface area contributed by atoms with Crippen molar-refractivity contribution in [2.75, 3.05) is 19.0 Å². The van der Waals surface area contributed by atoms with Crippen LogP contribution in [-0.2, 0) is 13.1 Å². The molecule has 0 radical (unpaired) electrons. The molecule has 0 unspecified atom stereocenters. The molecule has 0 heterocycles. The lowest BCUT2D eigenvalue weighted by molar-refractivity contribution is 0.425. The average Bonchev–Trinajstić information content (AvgIpc) is 2.73. The van der Waals surface area contributed by atoms with Crippen LogP contribution in [0.2, 0.25) is 0 Å². The SMILES string of the molecule is CNCc1c2ccccc2cc2c(N(C)Cc3ccccc3B(O)O)cccc12. The molecule has 3 N–H and O–H groups in total. The number of hydrogen-bond donors (Lipinski definition) is 3. The molecule has 5 heteroatoms. The van der Waals surface area contributed by atoms with Crippen molar-refractivity contribution in [3.63, 3.8) is 0 Å². The van der Waals surface area contributed by atoms with Crippen LogP contribution in [0.4, 0.5) is 5.69 Å². The summed E-state index contributed by atoms with van der Waals surface area (Å²) in [4.78, 5) is 2.17. The second-order valence-electron chi connectivity index (χ2n) is 7.41. The largest absolute Gasteiger partial charge is 0.488 e. The van der Waals surface area contributed by atoms with Gasteiger partial charge in [0, 0.05) is 31.2 Å². The van der Waals surface area contributed by atoms with Crippen LogP contribution in [0.3, 0.4) is 0 Å². The van der Waals surface area contributed by atoms with Gasteiger partial charge in [-0.05, 0) is 51.9 Å². The van der Waals surface area contributed by atoms with E-state index in [2.05, 4.69) is 58.7 Å². The van der Waals surface area contributed by atoms with E-state index in [0.717, 1.165) is 17.8 Å². The molecule has 0 saturated heterocycles. The molecule has 29 heavy (non-hydrogen) atoms. The first kappa shape index (κ1) is 19.5. The molecule has 4 aromatic rings. The first-order chi connectivity index (χ1) is 14.1. The van der Waals surface area contributed by atoms with E-state index in [1.54, 1.807) is 6.07 Å². The van der Waals surface area contributed by atoms with Gasteiger partial charge in [0.1, 0.15) is 0 Å². The molecular formula is C24H25BN2O2. The van der Waals surface area contributed by atoms with Crippen molar-refractivity contribution >= 4 is 39.8 Å². The van der Waals surface area contributed by atoms with E-state index in [4.69, 9.17) is 0 Å². The molecule has 0 aliphatic carbocycles. The van der Waals surface area contributed by atoms with Crippen LogP contribution in [0.5, 0.6) is 0 Å². The maximum Gasteiger partial charge on any atom is 0.488 e. The predicted octanol–water partition coefficient (Wildman–Crippen LogP) is 3.03. The van der Waals surface area contributed by atoms with Gasteiger partial charge in [-0.3, -0.25) is 0 Å². The van der Waals surface area contributed by atoms with Gasteiger partial charge in [-0.15, -0.1) is 0 Å². The fraction of sp³-hybridized carbons (Fsp3) is 0.167. The van der Waals surface area contributed by atoms with E-state index in [1.807, 2.05) is 32.3 Å². The van der Waals surface area contributed by atoms with E-state index in [9.17, 15) is 10.0 Å². The van der Waals surface area contributed by atoms with E-state index >= 15 is 0 Å². The van der Waals surface area contributed by atoms with Gasteiger partial charge in [0.2, 0.25) is 0 Å². The minimum Gasteiger partial charge on any atom is -0.423 e. The third kappa shape index (κ3) is 3.72. The Bertz CT molecular complexity index is 1160. The number of nitrogens with one attached hydrogen (secondary N) is 1. The van der Waals surface area contributed by atoms with Gasteiger partial charge in [0.25, 0.3) is 0 Å². The van der Waals surface area contributed by atoms with Crippen LogP contribution >= 0.6 is 0 Å². The number of hydrogen-bond acceptors (Lipinski definition) is 4. The van der Waals surface area contributed by atoms with Gasteiger partial charge in [-0.1, -0.05) is 60.7 Å². The lowest BCUT2D eigenvalue weighted by atomic mass is 9.77. The summed E-state index contributed by atoms with van der Waals surface area (Å²) in [7, 11) is 2.54. The fourth-order valence-corrected chi connectivity index (χ4v) is 4.14. The molecule has 0 aliphatic heterocycles. The Kier molecular flexibility index (Phi) is 5.54. The zero-order chi connectivity index (χ0) is 20.4. The fourth-order valence-electron chi connectivity index (χ4n) is 4.14. The third-order valence-electron chi connectivity index (χ3n) is 5.50. The van der Waals surface area contributed by atoms with Crippen molar-refractivity contribution in [1.29, 1.82) is 0 Å². The zero-order valence-corrected chi connectivity index (χ0v) is 16.8. The smallest absolute Gasteiger partial charge is 0.423 e. The summed E-state index contributed by atoms with van der Waals surface area (Å²) in [6.45, 7) is 1.38. The molecule has 0 fully saturated rings. The standard InChI is InChI=1S/C24H25BN2O2/c1-26-15-22-19-10-5-3-8-17(19)14-21-20(22)11-7-13-24(21)27(2)16-18-9-4-6-12-23(18)25(28)29/h3-14,26,28-29H,15-16H2,1-2H3. The highest BCUT2D eigenvalue weighted by Crippen LogP contribution is 2.34. The Morgan fingerprint density at radius 2 is 1.59 bits per heavy atom. The number of fused-ring (bicyclic) bond motifs is 2. The average molecular weight is 384 g/mol. The molecule has 0 amide bonds. The van der Waals surface area contributed by atoms with Crippen LogP contribution in [-0.4, -0.2) is 31.3 Å².